The van der Waals surface area contributed by atoms with E-state index >= 15 is 0 Å². The van der Waals surface area contributed by atoms with E-state index in [-0.39, 0.29) is 64.2 Å². The van der Waals surface area contributed by atoms with Gasteiger partial charge in [-0.15, -0.1) is 0 Å². The molecule has 13 rings (SSSR count). The van der Waals surface area contributed by atoms with Crippen LogP contribution in [0.3, 0.4) is 0 Å². The number of ether oxygens (including phenoxy) is 4. The zero-order valence-corrected chi connectivity index (χ0v) is 57.1. The van der Waals surface area contributed by atoms with E-state index in [1.165, 1.54) is 69.2 Å². The third kappa shape index (κ3) is 21.6. The topological polar surface area (TPSA) is 424 Å². The SMILES string of the molecule is COc1cc(/C=N/Nc2nc(Nc3ccccc3)nc(N3CCOCC3)n2)ccc1OC(=O)c1ccco1.COc1cc(/C=N/Nc2nc(Nc3ccccc3)nc(Nc3ccccc3)n2)cc(Br)c1O.O=[N+]([O-])c1ccc(Nc2nc(N/N=C/c3ccc(O)c(O)c3)nc(Nc3ccccc3)n2)cc1. The van der Waals surface area contributed by atoms with Gasteiger partial charge in [-0.05, 0) is 154 Å². The maximum Gasteiger partial charge on any atom is 0.379 e. The molecule has 1 fully saturated rings. The molecule has 11 N–H and O–H groups in total. The number of esters is 1. The molecule has 1 aliphatic heterocycles. The summed E-state index contributed by atoms with van der Waals surface area (Å²) in [6.45, 7) is 2.55. The lowest BCUT2D eigenvalue weighted by Gasteiger charge is -2.27. The summed E-state index contributed by atoms with van der Waals surface area (Å²) >= 11 is 3.30. The first kappa shape index (κ1) is 71.9. The van der Waals surface area contributed by atoms with E-state index in [1.54, 1.807) is 54.9 Å². The molecule has 33 nitrogen and oxygen atoms in total. The number of hydrogen-bond donors (Lipinski definition) is 11. The van der Waals surface area contributed by atoms with E-state index < -0.39 is 10.9 Å². The van der Waals surface area contributed by atoms with Crippen LogP contribution >= 0.6 is 15.9 Å². The highest BCUT2D eigenvalue weighted by molar-refractivity contribution is 9.10. The first-order valence-corrected chi connectivity index (χ1v) is 32.3. The average Bonchev–Trinajstić information content (AvgIpc) is 0.997. The van der Waals surface area contributed by atoms with Gasteiger partial charge in [-0.25, -0.2) is 21.1 Å². The smallest absolute Gasteiger partial charge is 0.379 e. The average molecular weight is 1480 g/mol. The molecule has 0 spiro atoms. The van der Waals surface area contributed by atoms with Crippen LogP contribution in [-0.2, 0) is 4.74 Å². The number of non-ortho nitro benzene ring substituents is 1. The van der Waals surface area contributed by atoms with Gasteiger partial charge in [0.05, 0.1) is 61.7 Å². The van der Waals surface area contributed by atoms with Crippen LogP contribution < -0.4 is 62.0 Å². The third-order valence-electron chi connectivity index (χ3n) is 14.2. The molecule has 1 saturated heterocycles. The van der Waals surface area contributed by atoms with Crippen LogP contribution in [0.25, 0.3) is 0 Å². The largest absolute Gasteiger partial charge is 0.504 e. The lowest BCUT2D eigenvalue weighted by molar-refractivity contribution is -0.384. The molecule has 0 saturated carbocycles. The first-order chi connectivity index (χ1) is 51.2. The highest BCUT2D eigenvalue weighted by atomic mass is 79.9. The number of carbonyl (C=O) groups excluding carboxylic acids is 1. The summed E-state index contributed by atoms with van der Waals surface area (Å²) in [5, 5.41) is 68.0. The van der Waals surface area contributed by atoms with Crippen molar-refractivity contribution < 1.29 is 48.4 Å². The summed E-state index contributed by atoms with van der Waals surface area (Å²) in [5.74, 6) is 2.54. The zero-order valence-electron chi connectivity index (χ0n) is 55.5. The monoisotopic (exact) mass is 1480 g/mol. The Bertz CT molecular complexity index is 4900. The van der Waals surface area contributed by atoms with Gasteiger partial charge in [0.15, 0.2) is 34.5 Å². The number of nitro groups is 1. The molecular formula is C71H63BrN22O11. The van der Waals surface area contributed by atoms with Crippen molar-refractivity contribution in [1.29, 1.82) is 0 Å². The number of nitrogens with zero attached hydrogens (tertiary/aromatic N) is 14. The number of hydrogen-bond acceptors (Lipinski definition) is 32. The highest BCUT2D eigenvalue weighted by Gasteiger charge is 2.19. The molecule has 12 aromatic rings. The number of rotatable bonds is 25. The summed E-state index contributed by atoms with van der Waals surface area (Å²) < 4.78 is 26.9. The molecule has 0 unspecified atom stereocenters. The predicted molar refractivity (Wildman–Crippen MR) is 400 cm³/mol. The summed E-state index contributed by atoms with van der Waals surface area (Å²) in [6, 6.07) is 59.7. The number of benzene rings is 8. The molecule has 0 amide bonds. The van der Waals surface area contributed by atoms with E-state index in [2.05, 4.69) is 119 Å². The molecule has 8 aromatic carbocycles. The number of furan rings is 1. The van der Waals surface area contributed by atoms with E-state index in [1.807, 2.05) is 126 Å². The summed E-state index contributed by atoms with van der Waals surface area (Å²) in [5.41, 5.74) is 14.1. The van der Waals surface area contributed by atoms with Crippen LogP contribution in [0, 0.1) is 10.1 Å². The van der Waals surface area contributed by atoms with Gasteiger partial charge in [-0.2, -0.15) is 60.2 Å². The number of halogens is 1. The van der Waals surface area contributed by atoms with Crippen molar-refractivity contribution in [2.75, 3.05) is 88.3 Å². The van der Waals surface area contributed by atoms with Crippen LogP contribution in [0.2, 0.25) is 0 Å². The second-order valence-corrected chi connectivity index (χ2v) is 22.4. The van der Waals surface area contributed by atoms with Gasteiger partial charge in [0.25, 0.3) is 5.69 Å². The normalized spacial score (nSPS) is 11.7. The van der Waals surface area contributed by atoms with Crippen molar-refractivity contribution >= 4 is 128 Å². The summed E-state index contributed by atoms with van der Waals surface area (Å²) in [4.78, 5) is 64.3. The number of nitrogens with one attached hydrogen (secondary N) is 8. The minimum atomic E-state index is -0.623. The van der Waals surface area contributed by atoms with E-state index in [4.69, 9.17) is 23.4 Å². The van der Waals surface area contributed by atoms with Crippen molar-refractivity contribution in [3.8, 4) is 34.5 Å². The quantitative estimate of drug-likeness (QED) is 0.00632. The molecule has 0 radical (unpaired) electrons. The van der Waals surface area contributed by atoms with Crippen LogP contribution in [0.4, 0.5) is 87.7 Å². The van der Waals surface area contributed by atoms with Gasteiger partial charge >= 0.3 is 5.97 Å². The number of methoxy groups -OCH3 is 2. The lowest BCUT2D eigenvalue weighted by Crippen LogP contribution is -2.37. The number of phenolic OH excluding ortho intramolecular Hbond substituents is 3. The second-order valence-electron chi connectivity index (χ2n) is 21.6. The second kappa shape index (κ2) is 36.1. The molecule has 0 aliphatic carbocycles. The highest BCUT2D eigenvalue weighted by Crippen LogP contribution is 2.35. The van der Waals surface area contributed by atoms with Crippen molar-refractivity contribution in [2.24, 2.45) is 15.3 Å². The molecule has 105 heavy (non-hydrogen) atoms. The number of aromatic hydroxyl groups is 3. The Hall–Kier alpha value is -14.4. The predicted octanol–water partition coefficient (Wildman–Crippen LogP) is 13.1. The van der Waals surface area contributed by atoms with Gasteiger partial charge in [-0.1, -0.05) is 72.8 Å². The third-order valence-corrected chi connectivity index (χ3v) is 14.8. The van der Waals surface area contributed by atoms with E-state index in [0.29, 0.717) is 88.4 Å². The Morgan fingerprint density at radius 1 is 0.486 bits per heavy atom. The van der Waals surface area contributed by atoms with E-state index in [9.17, 15) is 30.2 Å². The van der Waals surface area contributed by atoms with E-state index in [0.717, 1.165) is 22.7 Å². The fraction of sp³-hybridized carbons (Fsp3) is 0.0845. The minimum absolute atomic E-state index is 0.0216. The fourth-order valence-corrected chi connectivity index (χ4v) is 9.64. The van der Waals surface area contributed by atoms with Gasteiger partial charge < -0.3 is 70.2 Å². The van der Waals surface area contributed by atoms with Crippen LogP contribution in [0.15, 0.2) is 237 Å². The number of hydrazone groups is 3. The number of anilines is 14. The maximum absolute atomic E-state index is 12.2. The van der Waals surface area contributed by atoms with Crippen LogP contribution in [-0.4, -0.2) is 130 Å². The molecule has 0 atom stereocenters. The first-order valence-electron chi connectivity index (χ1n) is 31.5. The Morgan fingerprint density at radius 2 is 0.905 bits per heavy atom. The van der Waals surface area contributed by atoms with Crippen LogP contribution in [0.1, 0.15) is 27.2 Å². The van der Waals surface area contributed by atoms with Crippen molar-refractivity contribution in [2.45, 2.75) is 0 Å². The number of morpholine rings is 1. The number of para-hydroxylation sites is 4. The molecular weight excluding hydrogens is 1420 g/mol. The Morgan fingerprint density at radius 3 is 1.36 bits per heavy atom. The zero-order chi connectivity index (χ0) is 73.1. The standard InChI is InChI=1S/C26H25N7O5.C23H20BrN7O2.C22H18N8O4/c1-35-22-16-18(9-10-20(22)38-23(34)21-8-5-13-37-21)17-27-32-25-29-24(28-19-6-3-2-4-7-19)30-26(31-25)33-11-14-36-15-12-33;1-33-19-13-15(12-18(24)20(19)32)14-25-31-23-29-21(26-16-8-4-2-5-9-16)28-22(30-23)27-17-10-6-3-7-11-17;31-18-11-6-14(12-19(18)32)13-23-29-22-27-20(24-15-4-2-1-3-5-15)26-21(28-22)25-16-7-9-17(10-8-16)30(33)34/h2-10,13,16-17H,11-12,14-15H2,1H3,(H2,28,29,30,31,32);2-14,32H,1H3,(H3,26,27,28,29,30,31);1-13,31-32H,(H3,24,25,26,27,28,29)/b27-17+;25-14+;23-13+. The molecule has 0 bridgehead atoms. The van der Waals surface area contributed by atoms with Crippen LogP contribution in [0.5, 0.6) is 34.5 Å². The van der Waals surface area contributed by atoms with Crippen molar-refractivity contribution in [1.82, 2.24) is 44.9 Å². The fourth-order valence-electron chi connectivity index (χ4n) is 9.18. The van der Waals surface area contributed by atoms with Gasteiger partial charge in [0.2, 0.25) is 59.3 Å². The number of phenols is 3. The van der Waals surface area contributed by atoms with Crippen molar-refractivity contribution in [3.05, 3.63) is 250 Å². The summed E-state index contributed by atoms with van der Waals surface area (Å²) in [7, 11) is 2.96. The van der Waals surface area contributed by atoms with Gasteiger partial charge in [0.1, 0.15) is 0 Å². The number of carbonyl (C=O) groups is 1. The Kier molecular flexibility index (Phi) is 24.7. The Balaban J connectivity index is 0.000000158. The molecule has 4 aromatic heterocycles. The number of nitro benzene ring substituents is 1. The Labute approximate surface area is 606 Å². The summed E-state index contributed by atoms with van der Waals surface area (Å²) in [6.07, 6.45) is 5.95. The molecule has 5 heterocycles. The lowest BCUT2D eigenvalue weighted by atomic mass is 10.2. The molecule has 530 valence electrons. The minimum Gasteiger partial charge on any atom is -0.504 e. The van der Waals surface area contributed by atoms with Crippen molar-refractivity contribution in [3.63, 3.8) is 0 Å². The van der Waals surface area contributed by atoms with Gasteiger partial charge in [-0.3, -0.25) is 10.1 Å². The molecule has 1 aliphatic rings. The number of aromatic nitrogens is 9. The molecule has 34 heteroatoms. The van der Waals surface area contributed by atoms with Gasteiger partial charge in [0, 0.05) is 53.7 Å². The maximum atomic E-state index is 12.2.